The van der Waals surface area contributed by atoms with E-state index in [9.17, 15) is 0 Å². The van der Waals surface area contributed by atoms with Gasteiger partial charge in [0.05, 0.1) is 21.8 Å². The molecule has 4 heteroatoms. The molecule has 0 heterocycles. The third-order valence-electron chi connectivity index (χ3n) is 1.35. The number of rotatable bonds is 2. The van der Waals surface area contributed by atoms with Gasteiger partial charge in [-0.1, -0.05) is 35.3 Å². The van der Waals surface area contributed by atoms with Crippen LogP contribution in [0.5, 0.6) is 0 Å². The fraction of sp³-hybridized carbons (Fsp3) is 0.125. The second-order valence-corrected chi connectivity index (χ2v) is 3.09. The first-order chi connectivity index (χ1) is 5.75. The number of hydrogen-bond acceptors (Lipinski definition) is 2. The van der Waals surface area contributed by atoms with Crippen LogP contribution >= 0.6 is 35.4 Å². The van der Waals surface area contributed by atoms with Crippen molar-refractivity contribution < 1.29 is 0 Å². The Hall–Kier alpha value is -0.400. The highest BCUT2D eigenvalue weighted by Crippen LogP contribution is 2.25. The number of aliphatic imine (C=N–C) groups is 1. The number of halogens is 2. The van der Waals surface area contributed by atoms with Gasteiger partial charge in [-0.3, -0.25) is 0 Å². The molecule has 0 unspecified atom stereocenters. The van der Waals surface area contributed by atoms with Crippen LogP contribution in [0.15, 0.2) is 23.2 Å². The Bertz CT molecular complexity index is 332. The Kier molecular flexibility index (Phi) is 3.70. The van der Waals surface area contributed by atoms with Crippen molar-refractivity contribution >= 4 is 40.6 Å². The lowest BCUT2D eigenvalue weighted by molar-refractivity contribution is 1.08. The summed E-state index contributed by atoms with van der Waals surface area (Å²) in [6.07, 6.45) is 0. The van der Waals surface area contributed by atoms with Gasteiger partial charge in [-0.05, 0) is 23.8 Å². The summed E-state index contributed by atoms with van der Waals surface area (Å²) in [5, 5.41) is 3.34. The predicted molar refractivity (Wildman–Crippen MR) is 55.2 cm³/mol. The van der Waals surface area contributed by atoms with E-state index in [0.29, 0.717) is 16.6 Å². The predicted octanol–water partition coefficient (Wildman–Crippen LogP) is 3.60. The average molecular weight is 218 g/mol. The number of isothiocyanates is 1. The van der Waals surface area contributed by atoms with Crippen molar-refractivity contribution in [2.45, 2.75) is 6.54 Å². The van der Waals surface area contributed by atoms with Crippen molar-refractivity contribution in [3.63, 3.8) is 0 Å². The SMILES string of the molecule is S=C=NCc1cccc(Cl)c1Cl. The van der Waals surface area contributed by atoms with Crippen molar-refractivity contribution in [2.75, 3.05) is 0 Å². The Morgan fingerprint density at radius 3 is 2.83 bits per heavy atom. The smallest absolute Gasteiger partial charge is 0.0758 e. The first-order valence-corrected chi connectivity index (χ1v) is 4.38. The zero-order valence-electron chi connectivity index (χ0n) is 6.05. The maximum absolute atomic E-state index is 5.88. The summed E-state index contributed by atoms with van der Waals surface area (Å²) < 4.78 is 0. The molecule has 0 aromatic heterocycles. The van der Waals surface area contributed by atoms with Crippen LogP contribution in [-0.2, 0) is 6.54 Å². The number of hydrogen-bond donors (Lipinski definition) is 0. The first-order valence-electron chi connectivity index (χ1n) is 3.22. The molecule has 1 rings (SSSR count). The van der Waals surface area contributed by atoms with Gasteiger partial charge in [0.25, 0.3) is 0 Å². The van der Waals surface area contributed by atoms with Crippen LogP contribution in [0.3, 0.4) is 0 Å². The molecule has 1 nitrogen and oxygen atoms in total. The lowest BCUT2D eigenvalue weighted by atomic mass is 10.2. The second-order valence-electron chi connectivity index (χ2n) is 2.12. The maximum atomic E-state index is 5.88. The van der Waals surface area contributed by atoms with E-state index in [0.717, 1.165) is 5.56 Å². The second kappa shape index (κ2) is 4.58. The third kappa shape index (κ3) is 2.29. The van der Waals surface area contributed by atoms with Crippen molar-refractivity contribution in [3.8, 4) is 0 Å². The Labute approximate surface area is 86.0 Å². The molecule has 0 atom stereocenters. The fourth-order valence-corrected chi connectivity index (χ4v) is 1.23. The quantitative estimate of drug-likeness (QED) is 0.545. The lowest BCUT2D eigenvalue weighted by Crippen LogP contribution is -1.82. The number of nitrogens with zero attached hydrogens (tertiary/aromatic N) is 1. The van der Waals surface area contributed by atoms with Crippen LogP contribution in [0.1, 0.15) is 5.56 Å². The van der Waals surface area contributed by atoms with Gasteiger partial charge in [0.2, 0.25) is 0 Å². The highest BCUT2D eigenvalue weighted by Gasteiger charge is 2.01. The van der Waals surface area contributed by atoms with Gasteiger partial charge in [-0.2, -0.15) is 0 Å². The molecule has 62 valence electrons. The Morgan fingerprint density at radius 1 is 1.42 bits per heavy atom. The van der Waals surface area contributed by atoms with E-state index >= 15 is 0 Å². The van der Waals surface area contributed by atoms with Gasteiger partial charge in [0.15, 0.2) is 0 Å². The maximum Gasteiger partial charge on any atom is 0.0758 e. The molecule has 0 aliphatic heterocycles. The first kappa shape index (κ1) is 9.69. The lowest BCUT2D eigenvalue weighted by Gasteiger charge is -2.00. The highest BCUT2D eigenvalue weighted by molar-refractivity contribution is 7.78. The van der Waals surface area contributed by atoms with Crippen LogP contribution in [0, 0.1) is 0 Å². The van der Waals surface area contributed by atoms with E-state index < -0.39 is 0 Å². The zero-order valence-corrected chi connectivity index (χ0v) is 8.38. The van der Waals surface area contributed by atoms with Crippen LogP contribution < -0.4 is 0 Å². The molecule has 0 N–H and O–H groups in total. The van der Waals surface area contributed by atoms with Gasteiger partial charge in [0.1, 0.15) is 0 Å². The molecule has 0 spiro atoms. The van der Waals surface area contributed by atoms with Gasteiger partial charge in [-0.15, -0.1) is 0 Å². The average Bonchev–Trinajstić information content (AvgIpc) is 2.08. The van der Waals surface area contributed by atoms with Crippen LogP contribution in [0.4, 0.5) is 0 Å². The van der Waals surface area contributed by atoms with E-state index in [-0.39, 0.29) is 0 Å². The zero-order chi connectivity index (χ0) is 8.97. The molecule has 0 bridgehead atoms. The van der Waals surface area contributed by atoms with Crippen molar-refractivity contribution in [2.24, 2.45) is 4.99 Å². The molecule has 1 aromatic carbocycles. The van der Waals surface area contributed by atoms with Crippen molar-refractivity contribution in [1.29, 1.82) is 0 Å². The molecule has 0 saturated heterocycles. The normalized spacial score (nSPS) is 9.17. The molecule has 0 radical (unpaired) electrons. The summed E-state index contributed by atoms with van der Waals surface area (Å²) in [5.41, 5.74) is 0.863. The van der Waals surface area contributed by atoms with Crippen LogP contribution in [0.2, 0.25) is 10.0 Å². The van der Waals surface area contributed by atoms with E-state index in [1.807, 2.05) is 12.1 Å². The minimum atomic E-state index is 0.433. The molecule has 0 fully saturated rings. The van der Waals surface area contributed by atoms with Crippen molar-refractivity contribution in [1.82, 2.24) is 0 Å². The standard InChI is InChI=1S/C8H5Cl2NS/c9-7-3-1-2-6(8(7)10)4-11-5-12/h1-3H,4H2. The summed E-state index contributed by atoms with van der Waals surface area (Å²) in [7, 11) is 0. The van der Waals surface area contributed by atoms with Crippen LogP contribution in [-0.4, -0.2) is 5.16 Å². The Balaban J connectivity index is 2.99. The fourth-order valence-electron chi connectivity index (χ4n) is 0.788. The molecule has 0 amide bonds. The molecule has 1 aromatic rings. The van der Waals surface area contributed by atoms with E-state index in [1.54, 1.807) is 6.07 Å². The number of thiocarbonyl (C=S) groups is 1. The number of benzene rings is 1. The largest absolute Gasteiger partial charge is 0.228 e. The topological polar surface area (TPSA) is 12.4 Å². The van der Waals surface area contributed by atoms with Crippen LogP contribution in [0.25, 0.3) is 0 Å². The minimum absolute atomic E-state index is 0.433. The summed E-state index contributed by atoms with van der Waals surface area (Å²) in [4.78, 5) is 3.77. The Morgan fingerprint density at radius 2 is 2.17 bits per heavy atom. The summed E-state index contributed by atoms with van der Waals surface area (Å²) in [5.74, 6) is 0. The summed E-state index contributed by atoms with van der Waals surface area (Å²) in [6.45, 7) is 0.433. The molecular weight excluding hydrogens is 213 g/mol. The monoisotopic (exact) mass is 217 g/mol. The summed E-state index contributed by atoms with van der Waals surface area (Å²) >= 11 is 16.1. The minimum Gasteiger partial charge on any atom is -0.228 e. The van der Waals surface area contributed by atoms with E-state index in [2.05, 4.69) is 22.4 Å². The van der Waals surface area contributed by atoms with Gasteiger partial charge < -0.3 is 0 Å². The van der Waals surface area contributed by atoms with Gasteiger partial charge >= 0.3 is 0 Å². The van der Waals surface area contributed by atoms with E-state index in [1.165, 1.54) is 0 Å². The molecule has 0 aliphatic carbocycles. The van der Waals surface area contributed by atoms with Gasteiger partial charge in [0, 0.05) is 0 Å². The summed E-state index contributed by atoms with van der Waals surface area (Å²) in [6, 6.07) is 5.40. The molecular formula is C8H5Cl2NS. The van der Waals surface area contributed by atoms with Crippen molar-refractivity contribution in [3.05, 3.63) is 33.8 Å². The van der Waals surface area contributed by atoms with E-state index in [4.69, 9.17) is 23.2 Å². The molecule has 0 saturated carbocycles. The molecule has 0 aliphatic rings. The molecule has 12 heavy (non-hydrogen) atoms. The third-order valence-corrected chi connectivity index (χ3v) is 2.33. The highest BCUT2D eigenvalue weighted by atomic mass is 35.5. The van der Waals surface area contributed by atoms with Gasteiger partial charge in [-0.25, -0.2) is 4.99 Å².